The summed E-state index contributed by atoms with van der Waals surface area (Å²) in [5.74, 6) is -0.528. The van der Waals surface area contributed by atoms with Crippen molar-refractivity contribution in [2.45, 2.75) is 58.5 Å². The van der Waals surface area contributed by atoms with E-state index in [0.717, 1.165) is 47.8 Å². The molecule has 2 aromatic carbocycles. The molecule has 1 aliphatic carbocycles. The van der Waals surface area contributed by atoms with Crippen LogP contribution in [-0.4, -0.2) is 40.5 Å². The lowest BCUT2D eigenvalue weighted by Crippen LogP contribution is -2.43. The molecule has 0 saturated heterocycles. The number of aryl methyl sites for hydroxylation is 1. The number of halogens is 1. The zero-order valence-corrected chi connectivity index (χ0v) is 19.4. The summed E-state index contributed by atoms with van der Waals surface area (Å²) >= 11 is 0. The van der Waals surface area contributed by atoms with Gasteiger partial charge >= 0.3 is 5.97 Å². The summed E-state index contributed by atoms with van der Waals surface area (Å²) in [4.78, 5) is 26.7. The van der Waals surface area contributed by atoms with Gasteiger partial charge in [0.1, 0.15) is 12.4 Å². The van der Waals surface area contributed by atoms with Crippen LogP contribution >= 0.6 is 0 Å². The smallest absolute Gasteiger partial charge is 0.325 e. The number of benzene rings is 2. The monoisotopic (exact) mass is 450 g/mol. The van der Waals surface area contributed by atoms with Gasteiger partial charge in [-0.25, -0.2) is 4.39 Å². The molecule has 1 aliphatic rings. The summed E-state index contributed by atoms with van der Waals surface area (Å²) in [7, 11) is 0. The molecule has 33 heavy (non-hydrogen) atoms. The van der Waals surface area contributed by atoms with E-state index < -0.39 is 0 Å². The second kappa shape index (κ2) is 10.2. The standard InChI is InChI=1S/C27H31FN2O3/c1-3-33-27(32)18-30-25-13-11-21(28)16-23(25)24-17-22(12-14-26(24)30)29(19(2)31)15-7-10-20-8-5-4-6-9-20/h4-6,8-9,11,13,16,22H,3,7,10,12,14-15,17-18H2,1-2H3/t22-/m0/s1. The molecule has 0 spiro atoms. The van der Waals surface area contributed by atoms with Gasteiger partial charge in [0.25, 0.3) is 0 Å². The van der Waals surface area contributed by atoms with E-state index in [2.05, 4.69) is 12.1 Å². The predicted octanol–water partition coefficient (Wildman–Crippen LogP) is 4.68. The number of nitrogens with zero attached hydrogens (tertiary/aromatic N) is 2. The average Bonchev–Trinajstić information content (AvgIpc) is 3.09. The summed E-state index contributed by atoms with van der Waals surface area (Å²) in [5.41, 5.74) is 4.20. The third-order valence-electron chi connectivity index (χ3n) is 6.55. The molecule has 0 unspecified atom stereocenters. The van der Waals surface area contributed by atoms with Crippen molar-refractivity contribution in [3.63, 3.8) is 0 Å². The van der Waals surface area contributed by atoms with Crippen LogP contribution in [0.2, 0.25) is 0 Å². The Morgan fingerprint density at radius 3 is 2.70 bits per heavy atom. The van der Waals surface area contributed by atoms with Crippen molar-refractivity contribution in [1.29, 1.82) is 0 Å². The molecule has 0 N–H and O–H groups in total. The third kappa shape index (κ3) is 5.10. The van der Waals surface area contributed by atoms with Crippen LogP contribution < -0.4 is 0 Å². The summed E-state index contributed by atoms with van der Waals surface area (Å²) in [6.07, 6.45) is 4.03. The number of carbonyl (C=O) groups excluding carboxylic acids is 2. The van der Waals surface area contributed by atoms with Gasteiger partial charge in [-0.3, -0.25) is 9.59 Å². The molecule has 1 heterocycles. The Morgan fingerprint density at radius 2 is 1.97 bits per heavy atom. The van der Waals surface area contributed by atoms with Crippen LogP contribution in [0.4, 0.5) is 4.39 Å². The highest BCUT2D eigenvalue weighted by Gasteiger charge is 2.30. The highest BCUT2D eigenvalue weighted by atomic mass is 19.1. The molecule has 4 rings (SSSR count). The maximum Gasteiger partial charge on any atom is 0.325 e. The van der Waals surface area contributed by atoms with E-state index in [1.54, 1.807) is 26.0 Å². The van der Waals surface area contributed by atoms with Crippen LogP contribution in [0.25, 0.3) is 10.9 Å². The van der Waals surface area contributed by atoms with Crippen LogP contribution in [0.15, 0.2) is 48.5 Å². The molecular weight excluding hydrogens is 419 g/mol. The van der Waals surface area contributed by atoms with Crippen LogP contribution in [0.3, 0.4) is 0 Å². The summed E-state index contributed by atoms with van der Waals surface area (Å²) in [5, 5.41) is 0.826. The Hall–Kier alpha value is -3.15. The fraction of sp³-hybridized carbons (Fsp3) is 0.407. The molecule has 1 amide bonds. The average molecular weight is 451 g/mol. The molecular formula is C27H31FN2O3. The van der Waals surface area contributed by atoms with Gasteiger partial charge in [-0.15, -0.1) is 0 Å². The van der Waals surface area contributed by atoms with Crippen molar-refractivity contribution in [3.05, 3.63) is 71.2 Å². The van der Waals surface area contributed by atoms with Gasteiger partial charge in [0.05, 0.1) is 6.61 Å². The first kappa shape index (κ1) is 23.0. The summed E-state index contributed by atoms with van der Waals surface area (Å²) < 4.78 is 21.3. The van der Waals surface area contributed by atoms with Crippen LogP contribution in [-0.2, 0) is 40.1 Å². The van der Waals surface area contributed by atoms with Crippen molar-refractivity contribution in [2.75, 3.05) is 13.2 Å². The van der Waals surface area contributed by atoms with E-state index >= 15 is 0 Å². The van der Waals surface area contributed by atoms with Crippen molar-refractivity contribution in [1.82, 2.24) is 9.47 Å². The minimum absolute atomic E-state index is 0.0654. The molecule has 6 heteroatoms. The molecule has 174 valence electrons. The van der Waals surface area contributed by atoms with Gasteiger partial charge in [0.2, 0.25) is 5.91 Å². The Labute approximate surface area is 194 Å². The number of rotatable bonds is 8. The molecule has 0 radical (unpaired) electrons. The van der Waals surface area contributed by atoms with Crippen molar-refractivity contribution >= 4 is 22.8 Å². The highest BCUT2D eigenvalue weighted by Crippen LogP contribution is 2.34. The number of aromatic nitrogens is 1. The predicted molar refractivity (Wildman–Crippen MR) is 126 cm³/mol. The first-order chi connectivity index (χ1) is 16.0. The van der Waals surface area contributed by atoms with E-state index in [4.69, 9.17) is 4.74 Å². The highest BCUT2D eigenvalue weighted by molar-refractivity contribution is 5.87. The van der Waals surface area contributed by atoms with E-state index in [1.807, 2.05) is 27.7 Å². The van der Waals surface area contributed by atoms with E-state index in [9.17, 15) is 14.0 Å². The molecule has 0 bridgehead atoms. The SMILES string of the molecule is CCOC(=O)Cn1c2c(c3cc(F)ccc31)C[C@@H](N(CCCc1ccccc1)C(C)=O)CC2. The van der Waals surface area contributed by atoms with Gasteiger partial charge in [0, 0.05) is 36.1 Å². The number of hydrogen-bond acceptors (Lipinski definition) is 3. The fourth-order valence-electron chi connectivity index (χ4n) is 5.08. The minimum atomic E-state index is -0.299. The maximum absolute atomic E-state index is 14.1. The molecule has 0 saturated carbocycles. The van der Waals surface area contributed by atoms with Gasteiger partial charge in [-0.2, -0.15) is 0 Å². The Kier molecular flexibility index (Phi) is 7.11. The largest absolute Gasteiger partial charge is 0.465 e. The lowest BCUT2D eigenvalue weighted by Gasteiger charge is -2.34. The van der Waals surface area contributed by atoms with Crippen molar-refractivity contribution < 1.29 is 18.7 Å². The maximum atomic E-state index is 14.1. The Bertz CT molecular complexity index is 1140. The van der Waals surface area contributed by atoms with E-state index in [1.165, 1.54) is 11.6 Å². The van der Waals surface area contributed by atoms with Crippen molar-refractivity contribution in [3.8, 4) is 0 Å². The zero-order chi connectivity index (χ0) is 23.4. The lowest BCUT2D eigenvalue weighted by atomic mass is 9.90. The topological polar surface area (TPSA) is 51.5 Å². The second-order valence-electron chi connectivity index (χ2n) is 8.68. The number of amides is 1. The number of fused-ring (bicyclic) bond motifs is 3. The number of carbonyl (C=O) groups is 2. The summed E-state index contributed by atoms with van der Waals surface area (Å²) in [6, 6.07) is 15.1. The number of hydrogen-bond donors (Lipinski definition) is 0. The van der Waals surface area contributed by atoms with Crippen LogP contribution in [0.5, 0.6) is 0 Å². The van der Waals surface area contributed by atoms with Gasteiger partial charge < -0.3 is 14.2 Å². The van der Waals surface area contributed by atoms with Gasteiger partial charge in [0.15, 0.2) is 0 Å². The van der Waals surface area contributed by atoms with Gasteiger partial charge in [-0.1, -0.05) is 30.3 Å². The zero-order valence-electron chi connectivity index (χ0n) is 19.4. The molecule has 5 nitrogen and oxygen atoms in total. The van der Waals surface area contributed by atoms with Gasteiger partial charge in [-0.05, 0) is 68.4 Å². The molecule has 1 atom stereocenters. The minimum Gasteiger partial charge on any atom is -0.465 e. The first-order valence-corrected chi connectivity index (χ1v) is 11.7. The molecule has 1 aromatic heterocycles. The van der Waals surface area contributed by atoms with Crippen LogP contribution in [0, 0.1) is 5.82 Å². The molecule has 3 aromatic rings. The molecule has 0 aliphatic heterocycles. The van der Waals surface area contributed by atoms with Crippen molar-refractivity contribution in [2.24, 2.45) is 0 Å². The Morgan fingerprint density at radius 1 is 1.18 bits per heavy atom. The third-order valence-corrected chi connectivity index (χ3v) is 6.55. The Balaban J connectivity index is 1.57. The lowest BCUT2D eigenvalue weighted by molar-refractivity contribution is -0.143. The first-order valence-electron chi connectivity index (χ1n) is 11.7. The van der Waals surface area contributed by atoms with E-state index in [0.29, 0.717) is 19.6 Å². The number of esters is 1. The quantitative estimate of drug-likeness (QED) is 0.468. The van der Waals surface area contributed by atoms with E-state index in [-0.39, 0.29) is 30.3 Å². The second-order valence-corrected chi connectivity index (χ2v) is 8.68. The normalized spacial score (nSPS) is 15.3. The molecule has 0 fully saturated rings. The summed E-state index contributed by atoms with van der Waals surface area (Å²) in [6.45, 7) is 4.55. The van der Waals surface area contributed by atoms with Crippen LogP contribution in [0.1, 0.15) is 43.5 Å². The number of ether oxygens (including phenoxy) is 1. The fourth-order valence-corrected chi connectivity index (χ4v) is 5.08.